The predicted octanol–water partition coefficient (Wildman–Crippen LogP) is 2.30. The number of halogens is 1. The van der Waals surface area contributed by atoms with Crippen LogP contribution in [0.1, 0.15) is 5.56 Å². The molecule has 5 heteroatoms. The smallest absolute Gasteiger partial charge is 0.244 e. The molecule has 0 aliphatic heterocycles. The van der Waals surface area contributed by atoms with Crippen LogP contribution in [0.25, 0.3) is 0 Å². The number of rotatable bonds is 4. The number of carbonyl (C=O) groups is 1. The average molecular weight is 308 g/mol. The summed E-state index contributed by atoms with van der Waals surface area (Å²) in [4.78, 5) is 13.6. The Kier molecular flexibility index (Phi) is 4.15. The highest BCUT2D eigenvalue weighted by Gasteiger charge is 2.09. The summed E-state index contributed by atoms with van der Waals surface area (Å²) in [5.74, 6) is 0.0432. The van der Waals surface area contributed by atoms with Crippen molar-refractivity contribution in [3.63, 3.8) is 0 Å². The minimum atomic E-state index is 0.0432. The second-order valence-corrected chi connectivity index (χ2v) is 5.00. The van der Waals surface area contributed by atoms with Crippen molar-refractivity contribution in [3.05, 3.63) is 52.8 Å². The first-order chi connectivity index (χ1) is 8.65. The zero-order valence-electron chi connectivity index (χ0n) is 10.1. The summed E-state index contributed by atoms with van der Waals surface area (Å²) in [6.07, 6.45) is 3.45. The molecule has 0 aliphatic rings. The third-order valence-electron chi connectivity index (χ3n) is 2.62. The molecule has 0 saturated carbocycles. The number of likely N-dealkylation sites (N-methyl/N-ethyl adjacent to an activating group) is 1. The fraction of sp³-hybridized carbons (Fsp3) is 0.231. The van der Waals surface area contributed by atoms with Gasteiger partial charge in [-0.3, -0.25) is 9.48 Å². The molecule has 94 valence electrons. The molecule has 0 saturated heterocycles. The van der Waals surface area contributed by atoms with E-state index in [1.54, 1.807) is 29.0 Å². The molecular weight excluding hydrogens is 294 g/mol. The van der Waals surface area contributed by atoms with Crippen LogP contribution in [0.5, 0.6) is 0 Å². The van der Waals surface area contributed by atoms with Gasteiger partial charge in [-0.15, -0.1) is 0 Å². The van der Waals surface area contributed by atoms with Gasteiger partial charge in [0.05, 0.1) is 0 Å². The Morgan fingerprint density at radius 3 is 2.72 bits per heavy atom. The second-order valence-electron chi connectivity index (χ2n) is 4.08. The van der Waals surface area contributed by atoms with Gasteiger partial charge in [0.1, 0.15) is 6.54 Å². The molecule has 2 aromatic rings. The highest BCUT2D eigenvalue weighted by atomic mass is 79.9. The minimum Gasteiger partial charge on any atom is -0.340 e. The first kappa shape index (κ1) is 12.8. The van der Waals surface area contributed by atoms with Crippen molar-refractivity contribution < 1.29 is 4.79 Å². The standard InChI is InChI=1S/C13H14BrN3O/c1-16(9-11-3-5-12(14)6-4-11)13(18)10-17-8-2-7-15-17/h2-8H,9-10H2,1H3. The molecule has 0 N–H and O–H groups in total. The van der Waals surface area contributed by atoms with Crippen LogP contribution in [-0.2, 0) is 17.9 Å². The number of hydrogen-bond donors (Lipinski definition) is 0. The quantitative estimate of drug-likeness (QED) is 0.869. The lowest BCUT2D eigenvalue weighted by Crippen LogP contribution is -2.29. The van der Waals surface area contributed by atoms with Crippen LogP contribution < -0.4 is 0 Å². The van der Waals surface area contributed by atoms with Crippen LogP contribution in [0, 0.1) is 0 Å². The molecule has 18 heavy (non-hydrogen) atoms. The molecule has 2 rings (SSSR count). The van der Waals surface area contributed by atoms with E-state index in [1.807, 2.05) is 30.3 Å². The number of carbonyl (C=O) groups excluding carboxylic acids is 1. The summed E-state index contributed by atoms with van der Waals surface area (Å²) >= 11 is 3.39. The van der Waals surface area contributed by atoms with E-state index in [9.17, 15) is 4.79 Å². The molecule has 1 aromatic heterocycles. The second kappa shape index (κ2) is 5.82. The lowest BCUT2D eigenvalue weighted by Gasteiger charge is -2.17. The van der Waals surface area contributed by atoms with E-state index in [4.69, 9.17) is 0 Å². The molecule has 1 heterocycles. The molecule has 1 amide bonds. The fourth-order valence-electron chi connectivity index (χ4n) is 1.61. The van der Waals surface area contributed by atoms with Gasteiger partial charge in [0.15, 0.2) is 0 Å². The highest BCUT2D eigenvalue weighted by Crippen LogP contribution is 2.11. The summed E-state index contributed by atoms with van der Waals surface area (Å²) in [6.45, 7) is 0.882. The maximum Gasteiger partial charge on any atom is 0.244 e. The molecule has 0 radical (unpaired) electrons. The van der Waals surface area contributed by atoms with Crippen molar-refractivity contribution in [2.24, 2.45) is 0 Å². The van der Waals surface area contributed by atoms with Gasteiger partial charge in [0.25, 0.3) is 0 Å². The van der Waals surface area contributed by atoms with Gasteiger partial charge < -0.3 is 4.90 Å². The Morgan fingerprint density at radius 1 is 1.39 bits per heavy atom. The van der Waals surface area contributed by atoms with E-state index in [2.05, 4.69) is 21.0 Å². The monoisotopic (exact) mass is 307 g/mol. The largest absolute Gasteiger partial charge is 0.340 e. The van der Waals surface area contributed by atoms with Gasteiger partial charge in [0, 0.05) is 30.5 Å². The van der Waals surface area contributed by atoms with Crippen LogP contribution in [0.3, 0.4) is 0 Å². The van der Waals surface area contributed by atoms with E-state index in [0.717, 1.165) is 10.0 Å². The predicted molar refractivity (Wildman–Crippen MR) is 72.8 cm³/mol. The normalized spacial score (nSPS) is 10.3. The summed E-state index contributed by atoms with van der Waals surface area (Å²) < 4.78 is 2.66. The molecular formula is C13H14BrN3O. The number of benzene rings is 1. The number of nitrogens with zero attached hydrogens (tertiary/aromatic N) is 3. The molecule has 4 nitrogen and oxygen atoms in total. The lowest BCUT2D eigenvalue weighted by molar-refractivity contribution is -0.131. The van der Waals surface area contributed by atoms with E-state index in [1.165, 1.54) is 0 Å². The number of hydrogen-bond acceptors (Lipinski definition) is 2. The molecule has 0 atom stereocenters. The zero-order chi connectivity index (χ0) is 13.0. The van der Waals surface area contributed by atoms with Gasteiger partial charge in [-0.05, 0) is 23.8 Å². The summed E-state index contributed by atoms with van der Waals surface area (Å²) in [5.41, 5.74) is 1.11. The first-order valence-corrected chi connectivity index (χ1v) is 6.40. The van der Waals surface area contributed by atoms with E-state index < -0.39 is 0 Å². The first-order valence-electron chi connectivity index (χ1n) is 5.61. The van der Waals surface area contributed by atoms with E-state index in [-0.39, 0.29) is 12.5 Å². The van der Waals surface area contributed by atoms with Crippen LogP contribution in [-0.4, -0.2) is 27.6 Å². The van der Waals surface area contributed by atoms with Gasteiger partial charge in [-0.25, -0.2) is 0 Å². The average Bonchev–Trinajstić information content (AvgIpc) is 2.85. The Morgan fingerprint density at radius 2 is 2.11 bits per heavy atom. The lowest BCUT2D eigenvalue weighted by atomic mass is 10.2. The third-order valence-corrected chi connectivity index (χ3v) is 3.14. The van der Waals surface area contributed by atoms with Crippen LogP contribution in [0.15, 0.2) is 47.2 Å². The Balaban J connectivity index is 1.93. The highest BCUT2D eigenvalue weighted by molar-refractivity contribution is 9.10. The van der Waals surface area contributed by atoms with Crippen LogP contribution in [0.2, 0.25) is 0 Å². The maximum atomic E-state index is 11.9. The van der Waals surface area contributed by atoms with Gasteiger partial charge in [-0.2, -0.15) is 5.10 Å². The van der Waals surface area contributed by atoms with Crippen molar-refractivity contribution in [1.82, 2.24) is 14.7 Å². The molecule has 0 spiro atoms. The van der Waals surface area contributed by atoms with Crippen molar-refractivity contribution in [3.8, 4) is 0 Å². The summed E-state index contributed by atoms with van der Waals surface area (Å²) in [5, 5.41) is 4.02. The molecule has 0 unspecified atom stereocenters. The number of amides is 1. The van der Waals surface area contributed by atoms with Crippen molar-refractivity contribution in [2.45, 2.75) is 13.1 Å². The van der Waals surface area contributed by atoms with E-state index >= 15 is 0 Å². The molecule has 0 aliphatic carbocycles. The van der Waals surface area contributed by atoms with Crippen molar-refractivity contribution in [1.29, 1.82) is 0 Å². The van der Waals surface area contributed by atoms with Crippen molar-refractivity contribution >= 4 is 21.8 Å². The summed E-state index contributed by atoms with van der Waals surface area (Å²) in [7, 11) is 1.80. The topological polar surface area (TPSA) is 38.1 Å². The van der Waals surface area contributed by atoms with Gasteiger partial charge in [0.2, 0.25) is 5.91 Å². The Labute approximate surface area is 114 Å². The van der Waals surface area contributed by atoms with Gasteiger partial charge in [-0.1, -0.05) is 28.1 Å². The summed E-state index contributed by atoms with van der Waals surface area (Å²) in [6, 6.07) is 9.76. The third kappa shape index (κ3) is 3.43. The molecule has 0 fully saturated rings. The van der Waals surface area contributed by atoms with E-state index in [0.29, 0.717) is 6.54 Å². The Bertz CT molecular complexity index is 508. The van der Waals surface area contributed by atoms with Gasteiger partial charge >= 0.3 is 0 Å². The van der Waals surface area contributed by atoms with Crippen LogP contribution in [0.4, 0.5) is 0 Å². The molecule has 1 aromatic carbocycles. The fourth-order valence-corrected chi connectivity index (χ4v) is 1.87. The minimum absolute atomic E-state index is 0.0432. The van der Waals surface area contributed by atoms with Crippen LogP contribution >= 0.6 is 15.9 Å². The Hall–Kier alpha value is -1.62. The zero-order valence-corrected chi connectivity index (χ0v) is 11.7. The maximum absolute atomic E-state index is 11.9. The van der Waals surface area contributed by atoms with Crippen molar-refractivity contribution in [2.75, 3.05) is 7.05 Å². The number of aromatic nitrogens is 2. The SMILES string of the molecule is CN(Cc1ccc(Br)cc1)C(=O)Cn1cccn1. The molecule has 0 bridgehead atoms.